The van der Waals surface area contributed by atoms with Crippen molar-refractivity contribution in [3.05, 3.63) is 24.0 Å². The smallest absolute Gasteiger partial charge is 0.337 e. The number of aromatic carboxylic acids is 1. The first-order valence-corrected chi connectivity index (χ1v) is 5.15. The Morgan fingerprint density at radius 2 is 2.43 bits per heavy atom. The van der Waals surface area contributed by atoms with Crippen LogP contribution in [0.5, 0.6) is 0 Å². The number of carboxylic acids is 1. The van der Waals surface area contributed by atoms with Crippen LogP contribution in [-0.2, 0) is 0 Å². The summed E-state index contributed by atoms with van der Waals surface area (Å²) in [6.45, 7) is 0. The molecule has 0 aliphatic heterocycles. The maximum absolute atomic E-state index is 10.6. The van der Waals surface area contributed by atoms with E-state index in [2.05, 4.69) is 10.3 Å². The van der Waals surface area contributed by atoms with E-state index in [9.17, 15) is 4.79 Å². The van der Waals surface area contributed by atoms with Gasteiger partial charge in [0.2, 0.25) is 0 Å². The molecule has 14 heavy (non-hydrogen) atoms. The molecule has 0 radical (unpaired) electrons. The van der Waals surface area contributed by atoms with Crippen molar-refractivity contribution in [2.24, 2.45) is 5.73 Å². The Morgan fingerprint density at radius 3 is 3.00 bits per heavy atom. The molecule has 0 spiro atoms. The first kappa shape index (κ1) is 10.8. The molecule has 6 heteroatoms. The lowest BCUT2D eigenvalue weighted by Gasteiger charge is -2.11. The number of pyridine rings is 1. The number of carboxylic acid groups (broad SMARTS) is 1. The third-order valence-corrected chi connectivity index (χ3v) is 2.17. The third kappa shape index (κ3) is 2.90. The molecule has 0 bridgehead atoms. The topological polar surface area (TPSA) is 88.2 Å². The minimum Gasteiger partial charge on any atom is -0.478 e. The van der Waals surface area contributed by atoms with Crippen LogP contribution < -0.4 is 11.1 Å². The Balaban J connectivity index is 2.78. The number of hydrogen-bond donors (Lipinski definition) is 3. The van der Waals surface area contributed by atoms with Crippen molar-refractivity contribution in [3.63, 3.8) is 0 Å². The summed E-state index contributed by atoms with van der Waals surface area (Å²) in [5.41, 5.74) is 6.09. The summed E-state index contributed by atoms with van der Waals surface area (Å²) in [5, 5.41) is 11.6. The van der Waals surface area contributed by atoms with Gasteiger partial charge in [-0.3, -0.25) is 4.98 Å². The highest BCUT2D eigenvalue weighted by atomic mass is 32.2. The van der Waals surface area contributed by atoms with Crippen LogP contribution in [0.1, 0.15) is 10.4 Å². The monoisotopic (exact) mass is 213 g/mol. The van der Waals surface area contributed by atoms with E-state index in [-0.39, 0.29) is 11.1 Å². The molecular formula is C8H11N3O2S. The van der Waals surface area contributed by atoms with E-state index < -0.39 is 5.97 Å². The highest BCUT2D eigenvalue weighted by Gasteiger charge is 2.05. The lowest BCUT2D eigenvalue weighted by molar-refractivity contribution is 0.0696. The van der Waals surface area contributed by atoms with Crippen LogP contribution in [0.25, 0.3) is 0 Å². The van der Waals surface area contributed by atoms with Crippen molar-refractivity contribution in [1.29, 1.82) is 0 Å². The van der Waals surface area contributed by atoms with Crippen molar-refractivity contribution in [2.45, 2.75) is 5.50 Å². The van der Waals surface area contributed by atoms with Crippen molar-refractivity contribution in [3.8, 4) is 0 Å². The molecule has 5 nitrogen and oxygen atoms in total. The number of carbonyl (C=O) groups is 1. The van der Waals surface area contributed by atoms with Crippen molar-refractivity contribution in [2.75, 3.05) is 11.6 Å². The maximum Gasteiger partial charge on any atom is 0.337 e. The number of nitrogens with one attached hydrogen (secondary N) is 1. The predicted octanol–water partition coefficient (Wildman–Crippen LogP) is 0.797. The zero-order chi connectivity index (χ0) is 10.6. The van der Waals surface area contributed by atoms with Crippen molar-refractivity contribution < 1.29 is 9.90 Å². The third-order valence-electron chi connectivity index (χ3n) is 1.55. The van der Waals surface area contributed by atoms with Crippen LogP contribution in [0, 0.1) is 0 Å². The second-order valence-electron chi connectivity index (χ2n) is 2.57. The van der Waals surface area contributed by atoms with Crippen molar-refractivity contribution in [1.82, 2.24) is 4.98 Å². The number of nitrogens with two attached hydrogens (primary N) is 1. The van der Waals surface area contributed by atoms with E-state index in [0.29, 0.717) is 5.69 Å². The Morgan fingerprint density at radius 1 is 1.71 bits per heavy atom. The van der Waals surface area contributed by atoms with Gasteiger partial charge in [0.1, 0.15) is 5.50 Å². The second-order valence-corrected chi connectivity index (χ2v) is 3.55. The molecule has 0 fully saturated rings. The van der Waals surface area contributed by atoms with E-state index in [1.807, 2.05) is 6.26 Å². The van der Waals surface area contributed by atoms with Crippen LogP contribution in [0.2, 0.25) is 0 Å². The summed E-state index contributed by atoms with van der Waals surface area (Å²) in [6, 6.07) is 1.49. The quantitative estimate of drug-likeness (QED) is 0.641. The van der Waals surface area contributed by atoms with Gasteiger partial charge in [-0.05, 0) is 12.3 Å². The minimum atomic E-state index is -1.00. The fourth-order valence-electron chi connectivity index (χ4n) is 0.859. The number of hydrogen-bond acceptors (Lipinski definition) is 5. The Bertz CT molecular complexity index is 332. The molecule has 0 saturated heterocycles. The highest BCUT2D eigenvalue weighted by Crippen LogP contribution is 2.11. The predicted molar refractivity (Wildman–Crippen MR) is 56.3 cm³/mol. The first-order chi connectivity index (χ1) is 6.63. The lowest BCUT2D eigenvalue weighted by atomic mass is 10.3. The van der Waals surface area contributed by atoms with Gasteiger partial charge in [-0.15, -0.1) is 11.8 Å². The van der Waals surface area contributed by atoms with Crippen LogP contribution in [0.3, 0.4) is 0 Å². The lowest BCUT2D eigenvalue weighted by Crippen LogP contribution is -2.25. The zero-order valence-electron chi connectivity index (χ0n) is 7.60. The van der Waals surface area contributed by atoms with Gasteiger partial charge in [0.25, 0.3) is 0 Å². The summed E-state index contributed by atoms with van der Waals surface area (Å²) in [4.78, 5) is 14.4. The normalized spacial score (nSPS) is 12.1. The fraction of sp³-hybridized carbons (Fsp3) is 0.250. The molecule has 1 aromatic heterocycles. The Labute approximate surface area is 85.7 Å². The Kier molecular flexibility index (Phi) is 3.73. The average molecular weight is 213 g/mol. The number of anilines is 1. The van der Waals surface area contributed by atoms with Crippen LogP contribution in [-0.4, -0.2) is 27.8 Å². The molecule has 1 aromatic rings. The summed E-state index contributed by atoms with van der Waals surface area (Å²) in [6.07, 6.45) is 4.67. The molecule has 0 amide bonds. The molecule has 0 aliphatic carbocycles. The van der Waals surface area contributed by atoms with E-state index >= 15 is 0 Å². The molecule has 76 valence electrons. The summed E-state index contributed by atoms with van der Waals surface area (Å²) in [5.74, 6) is -1.00. The van der Waals surface area contributed by atoms with Gasteiger partial charge in [0.05, 0.1) is 17.4 Å². The van der Waals surface area contributed by atoms with E-state index in [0.717, 1.165) is 0 Å². The van der Waals surface area contributed by atoms with Crippen LogP contribution >= 0.6 is 11.8 Å². The van der Waals surface area contributed by atoms with Crippen molar-refractivity contribution >= 4 is 23.4 Å². The molecule has 1 rings (SSSR count). The molecule has 1 atom stereocenters. The molecule has 4 N–H and O–H groups in total. The van der Waals surface area contributed by atoms with E-state index in [1.54, 1.807) is 0 Å². The van der Waals surface area contributed by atoms with Gasteiger partial charge in [-0.25, -0.2) is 4.79 Å². The summed E-state index contributed by atoms with van der Waals surface area (Å²) < 4.78 is 0. The zero-order valence-corrected chi connectivity index (χ0v) is 8.41. The maximum atomic E-state index is 10.6. The van der Waals surface area contributed by atoms with E-state index in [4.69, 9.17) is 10.8 Å². The standard InChI is InChI=1S/C8H11N3O2S/c1-14-8(9)11-6-2-5(7(12)13)3-10-4-6/h2-4,8,11H,9H2,1H3,(H,12,13). The summed E-state index contributed by atoms with van der Waals surface area (Å²) in [7, 11) is 0. The molecule has 1 unspecified atom stereocenters. The fourth-order valence-corrected chi connectivity index (χ4v) is 1.11. The number of thioether (sulfide) groups is 1. The highest BCUT2D eigenvalue weighted by molar-refractivity contribution is 7.99. The van der Waals surface area contributed by atoms with Gasteiger partial charge in [-0.2, -0.15) is 0 Å². The number of nitrogens with zero attached hydrogens (tertiary/aromatic N) is 1. The largest absolute Gasteiger partial charge is 0.478 e. The SMILES string of the molecule is CSC(N)Nc1cncc(C(=O)O)c1. The van der Waals surface area contributed by atoms with Crippen LogP contribution in [0.4, 0.5) is 5.69 Å². The van der Waals surface area contributed by atoms with Crippen LogP contribution in [0.15, 0.2) is 18.5 Å². The average Bonchev–Trinajstić information content (AvgIpc) is 2.18. The molecule has 0 aromatic carbocycles. The number of aromatic nitrogens is 1. The molecular weight excluding hydrogens is 202 g/mol. The van der Waals surface area contributed by atoms with Gasteiger partial charge < -0.3 is 16.2 Å². The molecule has 0 saturated carbocycles. The summed E-state index contributed by atoms with van der Waals surface area (Å²) >= 11 is 1.43. The number of rotatable bonds is 4. The molecule has 0 aliphatic rings. The first-order valence-electron chi connectivity index (χ1n) is 3.86. The van der Waals surface area contributed by atoms with Gasteiger partial charge in [-0.1, -0.05) is 0 Å². The second kappa shape index (κ2) is 4.83. The van der Waals surface area contributed by atoms with Gasteiger partial charge in [0, 0.05) is 6.20 Å². The Hall–Kier alpha value is -1.27. The van der Waals surface area contributed by atoms with E-state index in [1.165, 1.54) is 30.2 Å². The van der Waals surface area contributed by atoms with Gasteiger partial charge in [0.15, 0.2) is 0 Å². The minimum absolute atomic E-state index is 0.142. The molecule has 1 heterocycles. The van der Waals surface area contributed by atoms with Gasteiger partial charge >= 0.3 is 5.97 Å².